The highest BCUT2D eigenvalue weighted by molar-refractivity contribution is 8.24. The van der Waals surface area contributed by atoms with Gasteiger partial charge in [-0.15, -0.1) is 0 Å². The zero-order chi connectivity index (χ0) is 22.8. The molecule has 0 fully saturated rings. The number of halogens is 4. The lowest BCUT2D eigenvalue weighted by molar-refractivity contribution is -0.608. The van der Waals surface area contributed by atoms with Gasteiger partial charge in [0.15, 0.2) is 11.9 Å². The molecule has 0 amide bonds. The van der Waals surface area contributed by atoms with E-state index < -0.39 is 17.1 Å². The highest BCUT2D eigenvalue weighted by Crippen LogP contribution is 2.61. The summed E-state index contributed by atoms with van der Waals surface area (Å²) in [6.45, 7) is 3.45. The van der Waals surface area contributed by atoms with Crippen molar-refractivity contribution in [2.24, 2.45) is 0 Å². The van der Waals surface area contributed by atoms with Gasteiger partial charge in [0.2, 0.25) is 0 Å². The van der Waals surface area contributed by atoms with Gasteiger partial charge in [0, 0.05) is 11.6 Å². The van der Waals surface area contributed by atoms with Crippen LogP contribution in [0.1, 0.15) is 32.1 Å². The van der Waals surface area contributed by atoms with Crippen LogP contribution in [0, 0.1) is 19.1 Å². The lowest BCUT2D eigenvalue weighted by Gasteiger charge is -2.03. The van der Waals surface area contributed by atoms with Crippen LogP contribution < -0.4 is 4.73 Å². The van der Waals surface area contributed by atoms with E-state index in [-0.39, 0.29) is 11.4 Å². The van der Waals surface area contributed by atoms with Crippen molar-refractivity contribution in [2.75, 3.05) is 14.2 Å². The van der Waals surface area contributed by atoms with Gasteiger partial charge < -0.3 is 14.7 Å². The molecule has 2 aromatic rings. The van der Waals surface area contributed by atoms with Gasteiger partial charge in [0.05, 0.1) is 14.2 Å². The molecule has 0 bridgehead atoms. The van der Waals surface area contributed by atoms with Gasteiger partial charge in [0.1, 0.15) is 5.15 Å². The van der Waals surface area contributed by atoms with Gasteiger partial charge >= 0.3 is 22.8 Å². The Morgan fingerprint density at radius 1 is 1.03 bits per heavy atom. The Hall–Kier alpha value is -1.57. The number of aromatic nitrogens is 2. The van der Waals surface area contributed by atoms with Gasteiger partial charge in [-0.3, -0.25) is 4.57 Å². The van der Waals surface area contributed by atoms with Crippen molar-refractivity contribution in [2.45, 2.75) is 13.8 Å². The number of methoxy groups -OCH3 is 2. The molecule has 2 rings (SSSR count). The Kier molecular flexibility index (Phi) is 12.2. The smallest absolute Gasteiger partial charge is 0.405 e. The standard InChI is InChI=1S/C8H8ClNO2.C8H9NO3.Cl3OP/c1-5-3-4-6(9)10-7(5)8(11)12-2;1-6-4-3-5-9(11)7(6)8(10)12-2;1-5(2,3)4/h3-4H,1-2H3;3-5H,1-2H3;. The Balaban J connectivity index is 0.000000442. The van der Waals surface area contributed by atoms with E-state index >= 15 is 0 Å². The van der Waals surface area contributed by atoms with Crippen molar-refractivity contribution in [3.8, 4) is 0 Å². The average Bonchev–Trinajstić information content (AvgIpc) is 2.62. The molecule has 0 spiro atoms. The molecule has 0 aliphatic carbocycles. The monoisotopic (exact) mass is 504 g/mol. The third-order valence-corrected chi connectivity index (χ3v) is 3.19. The van der Waals surface area contributed by atoms with E-state index in [0.29, 0.717) is 15.4 Å². The second kappa shape index (κ2) is 12.9. The number of esters is 2. The average molecular weight is 506 g/mol. The largest absolute Gasteiger partial charge is 0.618 e. The zero-order valence-corrected chi connectivity index (χ0v) is 19.6. The molecule has 0 atom stereocenters. The Morgan fingerprint density at radius 3 is 2.00 bits per heavy atom. The molecule has 8 nitrogen and oxygen atoms in total. The van der Waals surface area contributed by atoms with Crippen molar-refractivity contribution in [1.29, 1.82) is 0 Å². The quantitative estimate of drug-likeness (QED) is 0.184. The molecule has 160 valence electrons. The van der Waals surface area contributed by atoms with Crippen LogP contribution in [0.15, 0.2) is 30.5 Å². The van der Waals surface area contributed by atoms with Gasteiger partial charge in [-0.2, -0.15) is 4.73 Å². The fourth-order valence-electron chi connectivity index (χ4n) is 1.75. The summed E-state index contributed by atoms with van der Waals surface area (Å²) in [7, 11) is 2.55. The first kappa shape index (κ1) is 27.4. The summed E-state index contributed by atoms with van der Waals surface area (Å²) in [6.07, 6.45) is 1.26. The Morgan fingerprint density at radius 2 is 1.55 bits per heavy atom. The summed E-state index contributed by atoms with van der Waals surface area (Å²) in [5, 5.41) is 8.13. The van der Waals surface area contributed by atoms with E-state index in [1.54, 1.807) is 38.1 Å². The molecule has 0 saturated carbocycles. The third-order valence-electron chi connectivity index (χ3n) is 2.98. The molecular formula is C16H17Cl4N2O6P. The molecular weight excluding hydrogens is 489 g/mol. The highest BCUT2D eigenvalue weighted by Gasteiger charge is 2.18. The molecule has 29 heavy (non-hydrogen) atoms. The molecule has 0 aromatic carbocycles. The summed E-state index contributed by atoms with van der Waals surface area (Å²) >= 11 is 19.4. The SMILES string of the molecule is COC(=O)c1c(C)ccc[n+]1[O-].COC(=O)c1nc(Cl)ccc1C.O=P(Cl)(Cl)Cl. The van der Waals surface area contributed by atoms with Gasteiger partial charge in [0.25, 0.3) is 0 Å². The lowest BCUT2D eigenvalue weighted by atomic mass is 10.2. The van der Waals surface area contributed by atoms with E-state index in [4.69, 9.17) is 11.6 Å². The maximum atomic E-state index is 11.1. The van der Waals surface area contributed by atoms with Gasteiger partial charge in [-0.05, 0) is 65.3 Å². The summed E-state index contributed by atoms with van der Waals surface area (Å²) in [5.41, 5.74) is 1.68. The highest BCUT2D eigenvalue weighted by atomic mass is 36.0. The lowest BCUT2D eigenvalue weighted by Crippen LogP contribution is -2.35. The van der Waals surface area contributed by atoms with Crippen LogP contribution in [0.25, 0.3) is 0 Å². The number of hydrogen-bond acceptors (Lipinski definition) is 7. The van der Waals surface area contributed by atoms with Crippen LogP contribution in [-0.4, -0.2) is 31.1 Å². The van der Waals surface area contributed by atoms with Crippen molar-refractivity contribution in [3.63, 3.8) is 0 Å². The number of pyridine rings is 2. The molecule has 0 unspecified atom stereocenters. The molecule has 2 aromatic heterocycles. The Labute approximate surface area is 187 Å². The fraction of sp³-hybridized carbons (Fsp3) is 0.250. The third kappa shape index (κ3) is 11.3. The molecule has 0 aliphatic heterocycles. The number of nitrogens with zero attached hydrogens (tertiary/aromatic N) is 2. The summed E-state index contributed by atoms with van der Waals surface area (Å²) < 4.78 is 19.0. The van der Waals surface area contributed by atoms with Crippen LogP contribution in [0.5, 0.6) is 0 Å². The summed E-state index contributed by atoms with van der Waals surface area (Å²) in [5.74, 6) is -1.07. The van der Waals surface area contributed by atoms with Crippen LogP contribution in [0.2, 0.25) is 5.15 Å². The predicted molar refractivity (Wildman–Crippen MR) is 112 cm³/mol. The zero-order valence-electron chi connectivity index (χ0n) is 15.7. The number of hydrogen-bond donors (Lipinski definition) is 0. The van der Waals surface area contributed by atoms with E-state index in [1.807, 2.05) is 0 Å². The van der Waals surface area contributed by atoms with E-state index in [9.17, 15) is 19.4 Å². The van der Waals surface area contributed by atoms with Crippen molar-refractivity contribution in [1.82, 2.24) is 4.98 Å². The predicted octanol–water partition coefficient (Wildman–Crippen LogP) is 5.06. The number of carbonyl (C=O) groups is 2. The summed E-state index contributed by atoms with van der Waals surface area (Å²) in [6, 6.07) is 6.61. The minimum Gasteiger partial charge on any atom is -0.618 e. The van der Waals surface area contributed by atoms with Gasteiger partial charge in [-0.25, -0.2) is 14.6 Å². The maximum Gasteiger partial charge on any atom is 0.405 e. The van der Waals surface area contributed by atoms with Crippen molar-refractivity contribution < 1.29 is 28.4 Å². The molecule has 0 N–H and O–H groups in total. The molecule has 0 saturated heterocycles. The Bertz CT molecular complexity index is 878. The van der Waals surface area contributed by atoms with E-state index in [1.165, 1.54) is 20.4 Å². The van der Waals surface area contributed by atoms with Crippen molar-refractivity contribution >= 4 is 62.5 Å². The summed E-state index contributed by atoms with van der Waals surface area (Å²) in [4.78, 5) is 25.9. The first-order valence-electron chi connectivity index (χ1n) is 7.49. The van der Waals surface area contributed by atoms with E-state index in [2.05, 4.69) is 48.2 Å². The van der Waals surface area contributed by atoms with Crippen LogP contribution >= 0.6 is 50.5 Å². The van der Waals surface area contributed by atoms with Crippen LogP contribution in [0.3, 0.4) is 0 Å². The van der Waals surface area contributed by atoms with E-state index in [0.717, 1.165) is 5.56 Å². The minimum atomic E-state index is -3.22. The van der Waals surface area contributed by atoms with Gasteiger partial charge in [-0.1, -0.05) is 17.7 Å². The first-order chi connectivity index (χ1) is 13.3. The number of rotatable bonds is 2. The molecule has 0 radical (unpaired) electrons. The maximum absolute atomic E-state index is 11.1. The fourth-order valence-corrected chi connectivity index (χ4v) is 1.90. The second-order valence-corrected chi connectivity index (χ2v) is 12.1. The molecule has 13 heteroatoms. The number of ether oxygens (including phenoxy) is 2. The van der Waals surface area contributed by atoms with Crippen LogP contribution in [0.4, 0.5) is 0 Å². The molecule has 2 heterocycles. The first-order valence-corrected chi connectivity index (χ1v) is 12.3. The molecule has 0 aliphatic rings. The van der Waals surface area contributed by atoms with Crippen LogP contribution in [-0.2, 0) is 14.0 Å². The normalized spacial score (nSPS) is 9.93. The number of carbonyl (C=O) groups excluding carboxylic acids is 2. The van der Waals surface area contributed by atoms with Crippen molar-refractivity contribution in [3.05, 3.63) is 63.3 Å². The minimum absolute atomic E-state index is 0.0417. The topological polar surface area (TPSA) is 110 Å². The number of aryl methyl sites for hydroxylation is 2. The second-order valence-electron chi connectivity index (χ2n) is 5.05.